The normalized spacial score (nSPS) is 22.6. The molecule has 0 spiro atoms. The van der Waals surface area contributed by atoms with Crippen LogP contribution >= 0.6 is 0 Å². The van der Waals surface area contributed by atoms with Crippen molar-refractivity contribution >= 4 is 11.8 Å². The zero-order valence-electron chi connectivity index (χ0n) is 26.7. The van der Waals surface area contributed by atoms with Gasteiger partial charge < -0.3 is 9.80 Å². The number of alkyl halides is 6. The van der Waals surface area contributed by atoms with E-state index in [4.69, 9.17) is 0 Å². The lowest BCUT2D eigenvalue weighted by atomic mass is 9.90. The third-order valence-electron chi connectivity index (χ3n) is 9.85. The zero-order valence-corrected chi connectivity index (χ0v) is 26.7. The number of rotatable bonds is 6. The molecule has 0 N–H and O–H groups in total. The Balaban J connectivity index is 1.16. The van der Waals surface area contributed by atoms with Gasteiger partial charge in [0.1, 0.15) is 5.69 Å². The van der Waals surface area contributed by atoms with Crippen LogP contribution in [0.15, 0.2) is 55.0 Å². The van der Waals surface area contributed by atoms with Crippen LogP contribution in [-0.2, 0) is 18.8 Å². The fourth-order valence-corrected chi connectivity index (χ4v) is 7.27. The van der Waals surface area contributed by atoms with Gasteiger partial charge in [-0.1, -0.05) is 6.07 Å². The number of likely N-dealkylation sites (tertiary alicyclic amines) is 2. The second-order valence-electron chi connectivity index (χ2n) is 12.9. The summed E-state index contributed by atoms with van der Waals surface area (Å²) in [5.41, 5.74) is -3.32. The van der Waals surface area contributed by atoms with Crippen LogP contribution in [-0.4, -0.2) is 105 Å². The Morgan fingerprint density at radius 3 is 1.98 bits per heavy atom. The summed E-state index contributed by atoms with van der Waals surface area (Å²) >= 11 is 0. The lowest BCUT2D eigenvalue weighted by molar-refractivity contribution is -0.143. The van der Waals surface area contributed by atoms with Crippen molar-refractivity contribution in [3.8, 4) is 0 Å². The van der Waals surface area contributed by atoms with Crippen LogP contribution in [0.2, 0.25) is 0 Å². The number of benzene rings is 2. The molecule has 4 heterocycles. The first-order valence-electron chi connectivity index (χ1n) is 16.2. The fourth-order valence-electron chi connectivity index (χ4n) is 7.27. The topological polar surface area (TPSA) is 72.9 Å². The Hall–Kier alpha value is -4.18. The van der Waals surface area contributed by atoms with E-state index >= 15 is 0 Å². The molecule has 2 amide bonds. The van der Waals surface area contributed by atoms with Crippen molar-refractivity contribution in [2.75, 3.05) is 45.8 Å². The van der Waals surface area contributed by atoms with E-state index in [-0.39, 0.29) is 42.7 Å². The Morgan fingerprint density at radius 1 is 0.740 bits per heavy atom. The lowest BCUT2D eigenvalue weighted by Gasteiger charge is -2.47. The highest BCUT2D eigenvalue weighted by molar-refractivity contribution is 5.95. The average Bonchev–Trinajstić information content (AvgIpc) is 3.59. The molecule has 6 rings (SSSR count). The standard InChI is InChI=1S/C34H34F8N6O2/c35-28-2-1-21(14-29(28)36)13-27-18-25(4-8-48(27)31(49)22-15-23(33(37,38)39)17-24(16-22)34(40,41)42)45-9-11-46(12-10-45)26-3-7-47(20-26)32(50)30-19-43-5-6-44-30/h1-2,5-6,14-17,19,25-27H,3-4,7-13,18,20H2/t25-,26-,27+/m0/s1. The van der Waals surface area contributed by atoms with Crippen molar-refractivity contribution in [3.05, 3.63) is 94.6 Å². The molecule has 2 aromatic carbocycles. The smallest absolute Gasteiger partial charge is 0.336 e. The summed E-state index contributed by atoms with van der Waals surface area (Å²) in [4.78, 5) is 42.2. The summed E-state index contributed by atoms with van der Waals surface area (Å²) in [7, 11) is 0. The van der Waals surface area contributed by atoms with Crippen LogP contribution < -0.4 is 0 Å². The van der Waals surface area contributed by atoms with Gasteiger partial charge in [0.2, 0.25) is 0 Å². The lowest BCUT2D eigenvalue weighted by Crippen LogP contribution is -2.58. The van der Waals surface area contributed by atoms with Gasteiger partial charge in [-0.2, -0.15) is 26.3 Å². The molecule has 0 bridgehead atoms. The van der Waals surface area contributed by atoms with E-state index in [0.29, 0.717) is 69.8 Å². The van der Waals surface area contributed by atoms with Crippen molar-refractivity contribution in [1.82, 2.24) is 29.6 Å². The molecular weight excluding hydrogens is 676 g/mol. The van der Waals surface area contributed by atoms with Crippen LogP contribution in [0.4, 0.5) is 35.1 Å². The third kappa shape index (κ3) is 7.90. The number of amides is 2. The highest BCUT2D eigenvalue weighted by atomic mass is 19.4. The van der Waals surface area contributed by atoms with Crippen molar-refractivity contribution in [2.24, 2.45) is 0 Å². The molecule has 0 saturated carbocycles. The first-order chi connectivity index (χ1) is 23.7. The van der Waals surface area contributed by atoms with Gasteiger partial charge in [0, 0.05) is 81.9 Å². The predicted octanol–water partition coefficient (Wildman–Crippen LogP) is 5.54. The molecule has 3 atom stereocenters. The molecule has 0 radical (unpaired) electrons. The Labute approximate surface area is 282 Å². The minimum absolute atomic E-state index is 0.0161. The molecule has 3 aliphatic heterocycles. The van der Waals surface area contributed by atoms with E-state index in [9.17, 15) is 44.7 Å². The number of nitrogens with zero attached hydrogens (tertiary/aromatic N) is 6. The number of carbonyl (C=O) groups excluding carboxylic acids is 2. The van der Waals surface area contributed by atoms with Crippen LogP contribution in [0.1, 0.15) is 56.8 Å². The van der Waals surface area contributed by atoms with Crippen LogP contribution in [0.3, 0.4) is 0 Å². The summed E-state index contributed by atoms with van der Waals surface area (Å²) < 4.78 is 109. The van der Waals surface area contributed by atoms with Crippen LogP contribution in [0, 0.1) is 11.6 Å². The summed E-state index contributed by atoms with van der Waals surface area (Å²) in [5, 5.41) is 0. The molecule has 1 aromatic heterocycles. The van der Waals surface area contributed by atoms with Crippen molar-refractivity contribution < 1.29 is 44.7 Å². The second kappa shape index (κ2) is 14.2. The van der Waals surface area contributed by atoms with Gasteiger partial charge in [-0.05, 0) is 61.6 Å². The van der Waals surface area contributed by atoms with Gasteiger partial charge in [-0.15, -0.1) is 0 Å². The van der Waals surface area contributed by atoms with Crippen LogP contribution in [0.25, 0.3) is 0 Å². The second-order valence-corrected chi connectivity index (χ2v) is 12.9. The molecule has 8 nitrogen and oxygen atoms in total. The van der Waals surface area contributed by atoms with E-state index in [2.05, 4.69) is 19.8 Å². The van der Waals surface area contributed by atoms with Gasteiger partial charge in [0.15, 0.2) is 11.6 Å². The largest absolute Gasteiger partial charge is 0.416 e. The molecule has 3 fully saturated rings. The summed E-state index contributed by atoms with van der Waals surface area (Å²) in [6, 6.07) is 3.43. The SMILES string of the molecule is O=C(c1cnccn1)N1CC[C@H](N2CCN([C@H]3CCN(C(=O)c4cc(C(F)(F)F)cc(C(F)(F)F)c4)[C@H](Cc4ccc(F)c(F)c4)C3)CC2)C1. The van der Waals surface area contributed by atoms with Gasteiger partial charge in [0.25, 0.3) is 11.8 Å². The van der Waals surface area contributed by atoms with Crippen molar-refractivity contribution in [2.45, 2.75) is 56.2 Å². The zero-order chi connectivity index (χ0) is 35.8. The van der Waals surface area contributed by atoms with E-state index in [1.165, 1.54) is 29.6 Å². The Morgan fingerprint density at radius 2 is 1.38 bits per heavy atom. The quantitative estimate of drug-likeness (QED) is 0.313. The summed E-state index contributed by atoms with van der Waals surface area (Å²) in [5.74, 6) is -3.36. The van der Waals surface area contributed by atoms with Crippen molar-refractivity contribution in [3.63, 3.8) is 0 Å². The molecule has 0 aliphatic carbocycles. The minimum Gasteiger partial charge on any atom is -0.336 e. The number of aromatic nitrogens is 2. The van der Waals surface area contributed by atoms with Gasteiger partial charge in [-0.3, -0.25) is 24.4 Å². The highest BCUT2D eigenvalue weighted by Gasteiger charge is 2.41. The average molecular weight is 711 g/mol. The number of piperazine rings is 1. The first-order valence-corrected chi connectivity index (χ1v) is 16.2. The molecule has 50 heavy (non-hydrogen) atoms. The summed E-state index contributed by atoms with van der Waals surface area (Å²) in [6.45, 7) is 3.91. The number of carbonyl (C=O) groups is 2. The maximum absolute atomic E-state index is 14.1. The first kappa shape index (κ1) is 35.6. The molecule has 268 valence electrons. The molecular formula is C34H34F8N6O2. The van der Waals surface area contributed by atoms with Gasteiger partial charge >= 0.3 is 12.4 Å². The molecule has 16 heteroatoms. The molecule has 0 unspecified atom stereocenters. The molecule has 3 aliphatic rings. The fraction of sp³-hybridized carbons (Fsp3) is 0.471. The Kier molecular flexibility index (Phi) is 10.1. The maximum Gasteiger partial charge on any atom is 0.416 e. The number of piperidine rings is 1. The summed E-state index contributed by atoms with van der Waals surface area (Å²) in [6.07, 6.45) is -4.30. The Bertz CT molecular complexity index is 1660. The van der Waals surface area contributed by atoms with E-state index in [1.807, 2.05) is 0 Å². The third-order valence-corrected chi connectivity index (χ3v) is 9.85. The van der Waals surface area contributed by atoms with Crippen molar-refractivity contribution in [1.29, 1.82) is 0 Å². The van der Waals surface area contributed by atoms with Gasteiger partial charge in [0.05, 0.1) is 17.3 Å². The highest BCUT2D eigenvalue weighted by Crippen LogP contribution is 2.37. The molecule has 3 aromatic rings. The van der Waals surface area contributed by atoms with Crippen LogP contribution in [0.5, 0.6) is 0 Å². The predicted molar refractivity (Wildman–Crippen MR) is 164 cm³/mol. The van der Waals surface area contributed by atoms with Gasteiger partial charge in [-0.25, -0.2) is 13.8 Å². The minimum atomic E-state index is -5.13. The molecule has 3 saturated heterocycles. The van der Waals surface area contributed by atoms with E-state index in [1.54, 1.807) is 4.90 Å². The van der Waals surface area contributed by atoms with E-state index < -0.39 is 52.6 Å². The monoisotopic (exact) mass is 710 g/mol. The van der Waals surface area contributed by atoms with E-state index in [0.717, 1.165) is 18.6 Å². The maximum atomic E-state index is 14.1. The number of hydrogen-bond donors (Lipinski definition) is 0. The number of halogens is 8. The number of hydrogen-bond acceptors (Lipinski definition) is 6.